The highest BCUT2D eigenvalue weighted by Gasteiger charge is 2.32. The van der Waals surface area contributed by atoms with Gasteiger partial charge in [0, 0.05) is 22.7 Å². The monoisotopic (exact) mass is 228 g/mol. The number of aromatic nitrogens is 1. The van der Waals surface area contributed by atoms with Gasteiger partial charge < -0.3 is 0 Å². The molecule has 2 aromatic rings. The smallest absolute Gasteiger partial charge is 0.265 e. The van der Waals surface area contributed by atoms with Crippen LogP contribution in [0.5, 0.6) is 0 Å². The predicted molar refractivity (Wildman–Crippen MR) is 64.4 cm³/mol. The van der Waals surface area contributed by atoms with E-state index in [2.05, 4.69) is 11.6 Å². The molecule has 0 atom stereocenters. The summed E-state index contributed by atoms with van der Waals surface area (Å²) in [6.45, 7) is 3.96. The quantitative estimate of drug-likeness (QED) is 0.752. The number of benzene rings is 1. The average molecular weight is 228 g/mol. The Bertz CT molecular complexity index is 539. The Morgan fingerprint density at radius 3 is 2.62 bits per heavy atom. The lowest BCUT2D eigenvalue weighted by atomic mass is 10.1. The van der Waals surface area contributed by atoms with Crippen LogP contribution in [0.15, 0.2) is 42.4 Å². The molecule has 0 radical (unpaired) electrons. The number of amides is 1. The second-order valence-corrected chi connectivity index (χ2v) is 4.32. The maximum absolute atomic E-state index is 12.1. The van der Waals surface area contributed by atoms with Gasteiger partial charge >= 0.3 is 0 Å². The minimum absolute atomic E-state index is 0.0458. The zero-order valence-corrected chi connectivity index (χ0v) is 9.20. The second-order valence-electron chi connectivity index (χ2n) is 3.45. The van der Waals surface area contributed by atoms with Gasteiger partial charge in [-0.1, -0.05) is 24.8 Å². The van der Waals surface area contributed by atoms with Crippen LogP contribution in [-0.2, 0) is 0 Å². The van der Waals surface area contributed by atoms with Gasteiger partial charge in [-0.25, -0.2) is 4.98 Å². The molecule has 4 heteroatoms. The van der Waals surface area contributed by atoms with Gasteiger partial charge in [0.25, 0.3) is 5.91 Å². The van der Waals surface area contributed by atoms with Gasteiger partial charge in [-0.15, -0.1) is 11.3 Å². The standard InChI is InChI=1S/C12H8N2OS/c1-8-9-4-2-3-5-10(9)11(15)14(8)12-13-6-7-16-12/h2-7H,1H2. The Morgan fingerprint density at radius 1 is 1.25 bits per heavy atom. The lowest BCUT2D eigenvalue weighted by molar-refractivity contribution is 0.101. The van der Waals surface area contributed by atoms with E-state index < -0.39 is 0 Å². The van der Waals surface area contributed by atoms with Gasteiger partial charge in [-0.05, 0) is 6.07 Å². The van der Waals surface area contributed by atoms with Crippen LogP contribution < -0.4 is 4.90 Å². The maximum Gasteiger partial charge on any atom is 0.265 e. The Morgan fingerprint density at radius 2 is 2.00 bits per heavy atom. The number of hydrogen-bond donors (Lipinski definition) is 0. The van der Waals surface area contributed by atoms with Crippen molar-refractivity contribution in [2.75, 3.05) is 4.90 Å². The molecule has 0 unspecified atom stereocenters. The molecule has 1 amide bonds. The van der Waals surface area contributed by atoms with Crippen LogP contribution in [0.2, 0.25) is 0 Å². The van der Waals surface area contributed by atoms with Gasteiger partial charge in [0.05, 0.1) is 5.70 Å². The summed E-state index contributed by atoms with van der Waals surface area (Å²) in [4.78, 5) is 17.8. The molecule has 1 aromatic heterocycles. The van der Waals surface area contributed by atoms with Gasteiger partial charge in [0.1, 0.15) is 0 Å². The molecule has 3 rings (SSSR count). The van der Waals surface area contributed by atoms with E-state index in [-0.39, 0.29) is 5.91 Å². The van der Waals surface area contributed by atoms with E-state index >= 15 is 0 Å². The Balaban J connectivity index is 2.15. The van der Waals surface area contributed by atoms with Crippen molar-refractivity contribution in [1.29, 1.82) is 0 Å². The van der Waals surface area contributed by atoms with Crippen molar-refractivity contribution in [2.45, 2.75) is 0 Å². The number of carbonyl (C=O) groups is 1. The molecule has 1 aliphatic heterocycles. The molecule has 1 aromatic carbocycles. The van der Waals surface area contributed by atoms with Crippen LogP contribution in [0.25, 0.3) is 5.70 Å². The fraction of sp³-hybridized carbons (Fsp3) is 0. The average Bonchev–Trinajstić information content (AvgIpc) is 2.89. The van der Waals surface area contributed by atoms with E-state index in [0.717, 1.165) is 5.56 Å². The van der Waals surface area contributed by atoms with Crippen molar-refractivity contribution in [3.05, 3.63) is 53.5 Å². The lowest BCUT2D eigenvalue weighted by Gasteiger charge is -2.12. The topological polar surface area (TPSA) is 33.2 Å². The first-order valence-electron chi connectivity index (χ1n) is 4.81. The molecular formula is C12H8N2OS. The molecule has 0 fully saturated rings. The SMILES string of the molecule is C=C1c2ccccc2C(=O)N1c1nccs1. The first kappa shape index (κ1) is 9.30. The van der Waals surface area contributed by atoms with E-state index in [9.17, 15) is 4.79 Å². The number of carbonyl (C=O) groups excluding carboxylic acids is 1. The van der Waals surface area contributed by atoms with Crippen LogP contribution in [0.1, 0.15) is 15.9 Å². The fourth-order valence-electron chi connectivity index (χ4n) is 1.81. The zero-order valence-electron chi connectivity index (χ0n) is 8.38. The van der Waals surface area contributed by atoms with Gasteiger partial charge in [0.2, 0.25) is 0 Å². The molecule has 0 saturated carbocycles. The third-order valence-electron chi connectivity index (χ3n) is 2.55. The minimum Gasteiger partial charge on any atom is -0.268 e. The summed E-state index contributed by atoms with van der Waals surface area (Å²) in [7, 11) is 0. The number of thiazole rings is 1. The van der Waals surface area contributed by atoms with Crippen LogP contribution in [0, 0.1) is 0 Å². The fourth-order valence-corrected chi connectivity index (χ4v) is 2.48. The third kappa shape index (κ3) is 1.13. The molecule has 16 heavy (non-hydrogen) atoms. The summed E-state index contributed by atoms with van der Waals surface area (Å²) in [5.74, 6) is -0.0458. The van der Waals surface area contributed by atoms with Crippen molar-refractivity contribution in [1.82, 2.24) is 4.98 Å². The Hall–Kier alpha value is -1.94. The van der Waals surface area contributed by atoms with E-state index in [1.54, 1.807) is 11.1 Å². The van der Waals surface area contributed by atoms with Crippen LogP contribution in [0.4, 0.5) is 5.13 Å². The van der Waals surface area contributed by atoms with E-state index in [1.165, 1.54) is 11.3 Å². The highest BCUT2D eigenvalue weighted by atomic mass is 32.1. The van der Waals surface area contributed by atoms with Crippen molar-refractivity contribution in [3.63, 3.8) is 0 Å². The largest absolute Gasteiger partial charge is 0.268 e. The first-order chi connectivity index (χ1) is 7.79. The lowest BCUT2D eigenvalue weighted by Crippen LogP contribution is -2.21. The zero-order chi connectivity index (χ0) is 11.1. The molecular weight excluding hydrogens is 220 g/mol. The number of fused-ring (bicyclic) bond motifs is 1. The summed E-state index contributed by atoms with van der Waals surface area (Å²) in [5, 5.41) is 2.52. The summed E-state index contributed by atoms with van der Waals surface area (Å²) < 4.78 is 0. The molecule has 2 heterocycles. The van der Waals surface area contributed by atoms with Crippen LogP contribution >= 0.6 is 11.3 Å². The number of rotatable bonds is 1. The Labute approximate surface area is 96.7 Å². The van der Waals surface area contributed by atoms with E-state index in [0.29, 0.717) is 16.4 Å². The summed E-state index contributed by atoms with van der Waals surface area (Å²) in [6.07, 6.45) is 1.68. The van der Waals surface area contributed by atoms with Gasteiger partial charge in [-0.3, -0.25) is 9.69 Å². The van der Waals surface area contributed by atoms with Gasteiger partial charge in [0.15, 0.2) is 5.13 Å². The molecule has 0 N–H and O–H groups in total. The van der Waals surface area contributed by atoms with Gasteiger partial charge in [-0.2, -0.15) is 0 Å². The molecule has 0 aliphatic carbocycles. The van der Waals surface area contributed by atoms with E-state index in [1.807, 2.05) is 29.6 Å². The summed E-state index contributed by atoms with van der Waals surface area (Å²) in [5.41, 5.74) is 2.29. The summed E-state index contributed by atoms with van der Waals surface area (Å²) in [6, 6.07) is 7.48. The maximum atomic E-state index is 12.1. The number of anilines is 1. The Kier molecular flexibility index (Phi) is 1.91. The number of nitrogens with zero attached hydrogens (tertiary/aromatic N) is 2. The molecule has 78 valence electrons. The normalized spacial score (nSPS) is 14.4. The predicted octanol–water partition coefficient (Wildman–Crippen LogP) is 2.77. The third-order valence-corrected chi connectivity index (χ3v) is 3.31. The highest BCUT2D eigenvalue weighted by Crippen LogP contribution is 2.36. The van der Waals surface area contributed by atoms with Crippen molar-refractivity contribution in [2.24, 2.45) is 0 Å². The first-order valence-corrected chi connectivity index (χ1v) is 5.69. The van der Waals surface area contributed by atoms with Crippen molar-refractivity contribution >= 4 is 28.1 Å². The van der Waals surface area contributed by atoms with Crippen molar-refractivity contribution < 1.29 is 4.79 Å². The molecule has 0 saturated heterocycles. The highest BCUT2D eigenvalue weighted by molar-refractivity contribution is 7.14. The van der Waals surface area contributed by atoms with Crippen molar-refractivity contribution in [3.8, 4) is 0 Å². The molecule has 1 aliphatic rings. The van der Waals surface area contributed by atoms with Crippen LogP contribution in [-0.4, -0.2) is 10.9 Å². The van der Waals surface area contributed by atoms with Crippen LogP contribution in [0.3, 0.4) is 0 Å². The van der Waals surface area contributed by atoms with E-state index in [4.69, 9.17) is 0 Å². The molecule has 3 nitrogen and oxygen atoms in total. The molecule has 0 bridgehead atoms. The summed E-state index contributed by atoms with van der Waals surface area (Å²) >= 11 is 1.43. The minimum atomic E-state index is -0.0458. The molecule has 0 spiro atoms. The number of hydrogen-bond acceptors (Lipinski definition) is 3. The second kappa shape index (κ2) is 3.28.